The lowest BCUT2D eigenvalue weighted by Crippen LogP contribution is -2.03. The zero-order chi connectivity index (χ0) is 23.3. The van der Waals surface area contributed by atoms with Crippen molar-refractivity contribution in [3.63, 3.8) is 0 Å². The molecule has 32 heavy (non-hydrogen) atoms. The van der Waals surface area contributed by atoms with E-state index in [9.17, 15) is 0 Å². The van der Waals surface area contributed by atoms with Crippen molar-refractivity contribution in [1.29, 1.82) is 5.26 Å². The van der Waals surface area contributed by atoms with E-state index in [0.29, 0.717) is 11.5 Å². The minimum atomic E-state index is 0.454. The molecule has 6 nitrogen and oxygen atoms in total. The summed E-state index contributed by atoms with van der Waals surface area (Å²) in [6, 6.07) is 11.9. The van der Waals surface area contributed by atoms with E-state index in [4.69, 9.17) is 10.1 Å². The Balaban J connectivity index is 0.00000141. The molecule has 1 N–H and O–H groups in total. The summed E-state index contributed by atoms with van der Waals surface area (Å²) in [6.07, 6.45) is 5.72. The predicted octanol–water partition coefficient (Wildman–Crippen LogP) is 6.29. The van der Waals surface area contributed by atoms with E-state index in [0.717, 1.165) is 57.9 Å². The monoisotopic (exact) mass is 427 g/mol. The lowest BCUT2D eigenvalue weighted by molar-refractivity contribution is 0.212. The van der Waals surface area contributed by atoms with Crippen LogP contribution in [0.3, 0.4) is 0 Å². The third-order valence-corrected chi connectivity index (χ3v) is 5.24. The van der Waals surface area contributed by atoms with Gasteiger partial charge in [0.25, 0.3) is 0 Å². The fourth-order valence-electron chi connectivity index (χ4n) is 3.15. The van der Waals surface area contributed by atoms with Crippen molar-refractivity contribution in [1.82, 2.24) is 9.61 Å². The highest BCUT2D eigenvalue weighted by Gasteiger charge is 2.26. The van der Waals surface area contributed by atoms with Crippen molar-refractivity contribution in [3.05, 3.63) is 83.9 Å². The molecule has 1 aromatic carbocycles. The van der Waals surface area contributed by atoms with Gasteiger partial charge in [0.05, 0.1) is 23.0 Å². The van der Waals surface area contributed by atoms with Crippen molar-refractivity contribution in [3.8, 4) is 6.07 Å². The number of aryl methyl sites for hydroxylation is 1. The van der Waals surface area contributed by atoms with E-state index >= 15 is 0 Å². The highest BCUT2D eigenvalue weighted by molar-refractivity contribution is 5.99. The van der Waals surface area contributed by atoms with Crippen LogP contribution in [0.1, 0.15) is 55.9 Å². The van der Waals surface area contributed by atoms with Gasteiger partial charge in [-0.15, -0.1) is 0 Å². The number of pyridine rings is 1. The molecule has 0 aliphatic heterocycles. The van der Waals surface area contributed by atoms with Gasteiger partial charge in [0, 0.05) is 34.6 Å². The van der Waals surface area contributed by atoms with Gasteiger partial charge in [-0.1, -0.05) is 44.3 Å². The van der Waals surface area contributed by atoms with Crippen LogP contribution >= 0.6 is 0 Å². The summed E-state index contributed by atoms with van der Waals surface area (Å²) < 4.78 is 1.69. The zero-order valence-corrected chi connectivity index (χ0v) is 19.1. The predicted molar refractivity (Wildman–Crippen MR) is 130 cm³/mol. The summed E-state index contributed by atoms with van der Waals surface area (Å²) in [5, 5.41) is 21.0. The maximum Gasteiger partial charge on any atom is 0.131 e. The molecule has 0 radical (unpaired) electrons. The molecule has 0 amide bonds. The van der Waals surface area contributed by atoms with E-state index in [-0.39, 0.29) is 0 Å². The first-order valence-corrected chi connectivity index (χ1v) is 10.8. The van der Waals surface area contributed by atoms with Crippen molar-refractivity contribution >= 4 is 22.6 Å². The van der Waals surface area contributed by atoms with Crippen LogP contribution in [0.25, 0.3) is 11.2 Å². The molecule has 1 aliphatic carbocycles. The summed E-state index contributed by atoms with van der Waals surface area (Å²) >= 11 is 0. The number of hydrogen-bond donors (Lipinski definition) is 1. The highest BCUT2D eigenvalue weighted by atomic mass is 16.6. The van der Waals surface area contributed by atoms with Crippen LogP contribution in [-0.4, -0.2) is 15.3 Å². The number of allylic oxidation sites excluding steroid dienone is 1. The molecular formula is C26H29N5O. The Morgan fingerprint density at radius 1 is 1.25 bits per heavy atom. The van der Waals surface area contributed by atoms with Crippen LogP contribution in [0.5, 0.6) is 0 Å². The fourth-order valence-corrected chi connectivity index (χ4v) is 3.15. The van der Waals surface area contributed by atoms with Gasteiger partial charge in [0.15, 0.2) is 0 Å². The van der Waals surface area contributed by atoms with E-state index in [1.165, 1.54) is 0 Å². The Morgan fingerprint density at radius 2 is 2.00 bits per heavy atom. The van der Waals surface area contributed by atoms with Gasteiger partial charge in [-0.3, -0.25) is 0 Å². The molecule has 6 heteroatoms. The molecule has 4 rings (SSSR count). The topological polar surface area (TPSA) is 74.7 Å². The Morgan fingerprint density at radius 3 is 2.69 bits per heavy atom. The number of benzene rings is 1. The maximum atomic E-state index is 9.06. The number of hydrogen-bond acceptors (Lipinski definition) is 5. The molecule has 0 bridgehead atoms. The molecular weight excluding hydrogens is 398 g/mol. The molecule has 1 aliphatic rings. The second-order valence-electron chi connectivity index (χ2n) is 7.56. The number of oxime groups is 1. The SMILES string of the molecule is C=C(Nc1cc(/C(C)=N/OC(=C)C2CC2)ccc1C)c1cnn2cc(C#N)ccc12.CC. The normalized spacial score (nSPS) is 13.0. The first kappa shape index (κ1) is 22.8. The van der Waals surface area contributed by atoms with Crippen LogP contribution in [0, 0.1) is 24.2 Å². The van der Waals surface area contributed by atoms with Crippen LogP contribution in [-0.2, 0) is 4.84 Å². The summed E-state index contributed by atoms with van der Waals surface area (Å²) in [7, 11) is 0. The molecule has 0 atom stereocenters. The number of anilines is 1. The molecule has 164 valence electrons. The second kappa shape index (κ2) is 9.97. The average molecular weight is 428 g/mol. The Bertz CT molecular complexity index is 1220. The lowest BCUT2D eigenvalue weighted by atomic mass is 10.1. The zero-order valence-electron chi connectivity index (χ0n) is 19.1. The standard InChI is InChI=1S/C24H23N5O.C2H6/c1-15-5-7-21(16(2)28-30-18(4)20-8-9-20)11-23(15)27-17(3)22-13-26-29-14-19(12-25)6-10-24(22)29;1-2/h5-7,10-11,13-14,20,27H,3-4,8-9H2,1-2H3;1-2H3/b28-16+;. The molecule has 0 saturated heterocycles. The molecule has 2 aromatic heterocycles. The van der Waals surface area contributed by atoms with Gasteiger partial charge in [-0.2, -0.15) is 10.4 Å². The first-order chi connectivity index (χ1) is 15.5. The third kappa shape index (κ3) is 5.06. The van der Waals surface area contributed by atoms with Gasteiger partial charge in [0.1, 0.15) is 11.8 Å². The Labute approximate surface area is 189 Å². The molecule has 2 heterocycles. The van der Waals surface area contributed by atoms with Gasteiger partial charge >= 0.3 is 0 Å². The molecule has 0 spiro atoms. The van der Waals surface area contributed by atoms with Crippen molar-refractivity contribution in [2.75, 3.05) is 5.32 Å². The Kier molecular flexibility index (Phi) is 7.11. The van der Waals surface area contributed by atoms with Gasteiger partial charge in [-0.05, 0) is 50.5 Å². The number of fused-ring (bicyclic) bond motifs is 1. The maximum absolute atomic E-state index is 9.06. The van der Waals surface area contributed by atoms with Gasteiger partial charge in [0.2, 0.25) is 0 Å². The van der Waals surface area contributed by atoms with Crippen molar-refractivity contribution in [2.24, 2.45) is 11.1 Å². The molecule has 3 aromatic rings. The minimum Gasteiger partial charge on any atom is -0.362 e. The second-order valence-corrected chi connectivity index (χ2v) is 7.56. The summed E-state index contributed by atoms with van der Waals surface area (Å²) in [5.41, 5.74) is 6.79. The van der Waals surface area contributed by atoms with Crippen molar-refractivity contribution < 1.29 is 4.84 Å². The van der Waals surface area contributed by atoms with Crippen molar-refractivity contribution in [2.45, 2.75) is 40.5 Å². The van der Waals surface area contributed by atoms with E-state index in [1.807, 2.05) is 52.0 Å². The number of nitrogens with one attached hydrogen (secondary N) is 1. The van der Waals surface area contributed by atoms with Gasteiger partial charge < -0.3 is 10.2 Å². The molecule has 1 saturated carbocycles. The number of rotatable bonds is 7. The lowest BCUT2D eigenvalue weighted by Gasteiger charge is -2.13. The first-order valence-electron chi connectivity index (χ1n) is 10.8. The van der Waals surface area contributed by atoms with Crippen LogP contribution in [0.2, 0.25) is 0 Å². The fraction of sp³-hybridized carbons (Fsp3) is 0.269. The van der Waals surface area contributed by atoms with Crippen LogP contribution < -0.4 is 5.32 Å². The summed E-state index contributed by atoms with van der Waals surface area (Å²) in [4.78, 5) is 5.48. The third-order valence-electron chi connectivity index (χ3n) is 5.24. The molecule has 0 unspecified atom stereocenters. The largest absolute Gasteiger partial charge is 0.362 e. The van der Waals surface area contributed by atoms with E-state index in [1.54, 1.807) is 23.0 Å². The highest BCUT2D eigenvalue weighted by Crippen LogP contribution is 2.36. The van der Waals surface area contributed by atoms with E-state index in [2.05, 4.69) is 34.8 Å². The van der Waals surface area contributed by atoms with Crippen LogP contribution in [0.15, 0.2) is 66.8 Å². The van der Waals surface area contributed by atoms with Gasteiger partial charge in [-0.25, -0.2) is 4.52 Å². The molecule has 1 fully saturated rings. The number of nitriles is 1. The van der Waals surface area contributed by atoms with Crippen LogP contribution in [0.4, 0.5) is 5.69 Å². The minimum absolute atomic E-state index is 0.454. The number of nitrogens with zero attached hydrogens (tertiary/aromatic N) is 4. The smallest absolute Gasteiger partial charge is 0.131 e. The summed E-state index contributed by atoms with van der Waals surface area (Å²) in [6.45, 7) is 16.1. The average Bonchev–Trinajstić information content (AvgIpc) is 3.58. The van der Waals surface area contributed by atoms with E-state index < -0.39 is 0 Å². The quantitative estimate of drug-likeness (QED) is 0.273. The summed E-state index contributed by atoms with van der Waals surface area (Å²) in [5.74, 6) is 1.19. The Hall–Kier alpha value is -3.85. The number of aromatic nitrogens is 2.